The summed E-state index contributed by atoms with van der Waals surface area (Å²) in [5, 5.41) is 8.56. The van der Waals surface area contributed by atoms with E-state index in [4.69, 9.17) is 22.5 Å². The molecule has 0 unspecified atom stereocenters. The fraction of sp³-hybridized carbons (Fsp3) is 0. The van der Waals surface area contributed by atoms with Gasteiger partial charge < -0.3 is 11.1 Å². The van der Waals surface area contributed by atoms with Gasteiger partial charge in [0.25, 0.3) is 0 Å². The number of nitrogen functional groups attached to an aromatic ring is 1. The highest BCUT2D eigenvalue weighted by Crippen LogP contribution is 2.31. The highest BCUT2D eigenvalue weighted by atomic mass is 35.5. The Bertz CT molecular complexity index is 1030. The van der Waals surface area contributed by atoms with Crippen LogP contribution >= 0.6 is 24.0 Å². The number of rotatable bonds is 4. The highest BCUT2D eigenvalue weighted by Gasteiger charge is 2.11. The lowest BCUT2D eigenvalue weighted by molar-refractivity contribution is 0.598. The van der Waals surface area contributed by atoms with E-state index in [1.807, 2.05) is 18.2 Å². The minimum absolute atomic E-state index is 0. The van der Waals surface area contributed by atoms with Crippen LogP contribution in [0.15, 0.2) is 59.6 Å². The van der Waals surface area contributed by atoms with Gasteiger partial charge in [-0.25, -0.2) is 18.5 Å². The van der Waals surface area contributed by atoms with Crippen molar-refractivity contribution in [3.8, 4) is 11.1 Å². The Morgan fingerprint density at radius 1 is 1.00 bits per heavy atom. The van der Waals surface area contributed by atoms with E-state index in [-0.39, 0.29) is 29.1 Å². The maximum atomic E-state index is 11.3. The zero-order chi connectivity index (χ0) is 18.0. The first-order valence-corrected chi connectivity index (χ1v) is 9.04. The summed E-state index contributed by atoms with van der Waals surface area (Å²) < 4.78 is 22.5. The lowest BCUT2D eigenvalue weighted by Gasteiger charge is -2.10. The smallest absolute Gasteiger partial charge is 0.238 e. The van der Waals surface area contributed by atoms with Gasteiger partial charge in [-0.1, -0.05) is 29.8 Å². The Morgan fingerprint density at radius 2 is 1.65 bits per heavy atom. The fourth-order valence-corrected chi connectivity index (χ4v) is 2.95. The van der Waals surface area contributed by atoms with Crippen molar-refractivity contribution >= 4 is 51.5 Å². The molecule has 26 heavy (non-hydrogen) atoms. The van der Waals surface area contributed by atoms with E-state index in [1.165, 1.54) is 12.1 Å². The Kier molecular flexibility index (Phi) is 6.04. The van der Waals surface area contributed by atoms with E-state index in [1.54, 1.807) is 24.4 Å². The van der Waals surface area contributed by atoms with Crippen LogP contribution in [0.2, 0.25) is 5.02 Å². The van der Waals surface area contributed by atoms with E-state index in [2.05, 4.69) is 15.3 Å². The molecule has 136 valence electrons. The fourth-order valence-electron chi connectivity index (χ4n) is 2.20. The quantitative estimate of drug-likeness (QED) is 0.605. The second-order valence-corrected chi connectivity index (χ2v) is 7.14. The van der Waals surface area contributed by atoms with Crippen molar-refractivity contribution in [2.24, 2.45) is 5.14 Å². The summed E-state index contributed by atoms with van der Waals surface area (Å²) in [6.45, 7) is 0. The molecule has 0 fully saturated rings. The Hall–Kier alpha value is -2.39. The largest absolute Gasteiger partial charge is 0.383 e. The molecule has 7 nitrogen and oxygen atoms in total. The van der Waals surface area contributed by atoms with Gasteiger partial charge in [0, 0.05) is 28.0 Å². The van der Waals surface area contributed by atoms with Gasteiger partial charge in [0.2, 0.25) is 16.0 Å². The molecule has 0 spiro atoms. The Morgan fingerprint density at radius 3 is 2.23 bits per heavy atom. The third kappa shape index (κ3) is 4.41. The van der Waals surface area contributed by atoms with E-state index in [0.29, 0.717) is 16.3 Å². The number of halogens is 2. The van der Waals surface area contributed by atoms with E-state index in [0.717, 1.165) is 5.56 Å². The standard InChI is InChI=1S/C16H14ClN5O2S.ClH/c17-14-4-2-1-3-12(14)13-9-20-16(22-15(13)18)21-10-5-7-11(8-6-10)25(19,23)24;/h1-9H,(H2,19,23,24)(H3,18,20,21,22);1H. The maximum absolute atomic E-state index is 11.3. The van der Waals surface area contributed by atoms with Crippen molar-refractivity contribution < 1.29 is 8.42 Å². The summed E-state index contributed by atoms with van der Waals surface area (Å²) in [5.74, 6) is 0.545. The first kappa shape index (κ1) is 19.9. The number of hydrogen-bond acceptors (Lipinski definition) is 6. The molecular weight excluding hydrogens is 397 g/mol. The number of aromatic nitrogens is 2. The van der Waals surface area contributed by atoms with Gasteiger partial charge in [-0.3, -0.25) is 0 Å². The van der Waals surface area contributed by atoms with Crippen molar-refractivity contribution in [1.82, 2.24) is 9.97 Å². The van der Waals surface area contributed by atoms with Crippen LogP contribution in [0, 0.1) is 0 Å². The topological polar surface area (TPSA) is 124 Å². The number of hydrogen-bond donors (Lipinski definition) is 3. The first-order valence-electron chi connectivity index (χ1n) is 7.12. The molecule has 3 aromatic rings. The van der Waals surface area contributed by atoms with E-state index >= 15 is 0 Å². The zero-order valence-electron chi connectivity index (χ0n) is 13.3. The molecule has 10 heteroatoms. The molecule has 0 aliphatic rings. The third-order valence-electron chi connectivity index (χ3n) is 3.42. The summed E-state index contributed by atoms with van der Waals surface area (Å²) in [7, 11) is -3.73. The average Bonchev–Trinajstić information content (AvgIpc) is 2.56. The van der Waals surface area contributed by atoms with Gasteiger partial charge >= 0.3 is 0 Å². The number of nitrogens with zero attached hydrogens (tertiary/aromatic N) is 2. The van der Waals surface area contributed by atoms with Crippen LogP contribution in [0.1, 0.15) is 0 Å². The summed E-state index contributed by atoms with van der Waals surface area (Å²) in [5.41, 5.74) is 7.97. The molecule has 2 aromatic carbocycles. The molecule has 0 amide bonds. The van der Waals surface area contributed by atoms with Crippen molar-refractivity contribution in [1.29, 1.82) is 0 Å². The average molecular weight is 412 g/mol. The molecule has 0 aliphatic heterocycles. The molecular formula is C16H15Cl2N5O2S. The lowest BCUT2D eigenvalue weighted by atomic mass is 10.1. The number of nitrogens with one attached hydrogen (secondary N) is 1. The van der Waals surface area contributed by atoms with Gasteiger partial charge in [-0.05, 0) is 30.3 Å². The molecule has 5 N–H and O–H groups in total. The predicted octanol–water partition coefficient (Wildman–Crippen LogP) is 3.19. The van der Waals surface area contributed by atoms with Crippen LogP contribution in [0.3, 0.4) is 0 Å². The van der Waals surface area contributed by atoms with Crippen LogP contribution in [0.5, 0.6) is 0 Å². The second-order valence-electron chi connectivity index (χ2n) is 5.17. The van der Waals surface area contributed by atoms with Crippen LogP contribution in [-0.2, 0) is 10.0 Å². The van der Waals surface area contributed by atoms with E-state index < -0.39 is 10.0 Å². The van der Waals surface area contributed by atoms with Crippen LogP contribution in [-0.4, -0.2) is 18.4 Å². The van der Waals surface area contributed by atoms with Crippen molar-refractivity contribution in [3.63, 3.8) is 0 Å². The van der Waals surface area contributed by atoms with Gasteiger partial charge in [0.15, 0.2) is 0 Å². The minimum Gasteiger partial charge on any atom is -0.383 e. The SMILES string of the molecule is Cl.Nc1nc(Nc2ccc(S(N)(=O)=O)cc2)ncc1-c1ccccc1Cl. The summed E-state index contributed by atoms with van der Waals surface area (Å²) >= 11 is 6.17. The number of benzene rings is 2. The molecule has 0 saturated carbocycles. The number of anilines is 3. The third-order valence-corrected chi connectivity index (χ3v) is 4.68. The molecule has 3 rings (SSSR count). The van der Waals surface area contributed by atoms with Gasteiger partial charge in [-0.2, -0.15) is 4.98 Å². The van der Waals surface area contributed by atoms with Crippen LogP contribution < -0.4 is 16.2 Å². The monoisotopic (exact) mass is 411 g/mol. The van der Waals surface area contributed by atoms with Crippen molar-refractivity contribution in [2.45, 2.75) is 4.90 Å². The lowest BCUT2D eigenvalue weighted by Crippen LogP contribution is -2.11. The Balaban J connectivity index is 0.00000243. The Labute approximate surface area is 161 Å². The van der Waals surface area contributed by atoms with Gasteiger partial charge in [0.1, 0.15) is 5.82 Å². The summed E-state index contributed by atoms with van der Waals surface area (Å²) in [6, 6.07) is 13.1. The molecule has 1 heterocycles. The predicted molar refractivity (Wildman–Crippen MR) is 105 cm³/mol. The van der Waals surface area contributed by atoms with E-state index in [9.17, 15) is 8.42 Å². The van der Waals surface area contributed by atoms with Crippen molar-refractivity contribution in [2.75, 3.05) is 11.1 Å². The second kappa shape index (κ2) is 7.88. The molecule has 0 aliphatic carbocycles. The maximum Gasteiger partial charge on any atom is 0.238 e. The molecule has 0 saturated heterocycles. The van der Waals surface area contributed by atoms with Gasteiger partial charge in [-0.15, -0.1) is 12.4 Å². The van der Waals surface area contributed by atoms with Crippen LogP contribution in [0.25, 0.3) is 11.1 Å². The summed E-state index contributed by atoms with van der Waals surface area (Å²) in [6.07, 6.45) is 1.57. The number of primary sulfonamides is 1. The van der Waals surface area contributed by atoms with Crippen LogP contribution in [0.4, 0.5) is 17.5 Å². The zero-order valence-corrected chi connectivity index (χ0v) is 15.6. The van der Waals surface area contributed by atoms with Crippen molar-refractivity contribution in [3.05, 3.63) is 59.8 Å². The summed E-state index contributed by atoms with van der Waals surface area (Å²) in [4.78, 5) is 8.45. The first-order chi connectivity index (χ1) is 11.8. The number of sulfonamides is 1. The molecule has 0 radical (unpaired) electrons. The normalized spacial score (nSPS) is 10.8. The molecule has 0 bridgehead atoms. The number of nitrogens with two attached hydrogens (primary N) is 2. The molecule has 0 atom stereocenters. The van der Waals surface area contributed by atoms with Gasteiger partial charge in [0.05, 0.1) is 4.90 Å². The minimum atomic E-state index is -3.73. The molecule has 1 aromatic heterocycles. The highest BCUT2D eigenvalue weighted by molar-refractivity contribution is 7.89.